The number of amides is 1. The van der Waals surface area contributed by atoms with Crippen LogP contribution in [0.3, 0.4) is 0 Å². The lowest BCUT2D eigenvalue weighted by Gasteiger charge is -2.18. The van der Waals surface area contributed by atoms with Crippen LogP contribution in [0, 0.1) is 0 Å². The molecule has 1 aromatic heterocycles. The highest BCUT2D eigenvalue weighted by atomic mass is 35.5. The van der Waals surface area contributed by atoms with Crippen molar-refractivity contribution in [2.75, 3.05) is 16.8 Å². The molecule has 0 saturated carbocycles. The third-order valence-corrected chi connectivity index (χ3v) is 6.74. The average Bonchev–Trinajstić information content (AvgIpc) is 2.72. The lowest BCUT2D eigenvalue weighted by atomic mass is 10.2. The van der Waals surface area contributed by atoms with Gasteiger partial charge in [0.15, 0.2) is 5.82 Å². The molecule has 4 nitrogen and oxygen atoms in total. The molecule has 0 aliphatic carbocycles. The van der Waals surface area contributed by atoms with Crippen molar-refractivity contribution in [2.45, 2.75) is 22.8 Å². The van der Waals surface area contributed by atoms with E-state index in [4.69, 9.17) is 21.6 Å². The SMILES string of the molecule is O=C(CSc1nc(-c2ccccc2)nc2c1SCCC2)Nc1cccc(Cl)c1. The minimum atomic E-state index is -0.0818. The van der Waals surface area contributed by atoms with Crippen LogP contribution in [0.25, 0.3) is 11.4 Å². The number of aryl methyl sites for hydroxylation is 1. The van der Waals surface area contributed by atoms with Crippen LogP contribution in [0.15, 0.2) is 64.5 Å². The fourth-order valence-corrected chi connectivity index (χ4v) is 5.17. The van der Waals surface area contributed by atoms with Crippen molar-refractivity contribution in [3.05, 3.63) is 65.3 Å². The van der Waals surface area contributed by atoms with E-state index in [1.165, 1.54) is 11.8 Å². The first-order valence-electron chi connectivity index (χ1n) is 8.96. The molecule has 0 atom stereocenters. The predicted molar refractivity (Wildman–Crippen MR) is 117 cm³/mol. The summed E-state index contributed by atoms with van der Waals surface area (Å²) in [5.74, 6) is 1.98. The first-order chi connectivity index (χ1) is 13.7. The number of aromatic nitrogens is 2. The molecule has 0 spiro atoms. The maximum Gasteiger partial charge on any atom is 0.234 e. The van der Waals surface area contributed by atoms with Gasteiger partial charge in [0.05, 0.1) is 16.3 Å². The molecule has 1 N–H and O–H groups in total. The summed E-state index contributed by atoms with van der Waals surface area (Å²) < 4.78 is 0. The van der Waals surface area contributed by atoms with Crippen LogP contribution in [0.2, 0.25) is 5.02 Å². The van der Waals surface area contributed by atoms with Crippen molar-refractivity contribution in [3.8, 4) is 11.4 Å². The average molecular weight is 428 g/mol. The lowest BCUT2D eigenvalue weighted by Crippen LogP contribution is -2.15. The number of hydrogen-bond acceptors (Lipinski definition) is 5. The van der Waals surface area contributed by atoms with Crippen molar-refractivity contribution in [3.63, 3.8) is 0 Å². The smallest absolute Gasteiger partial charge is 0.234 e. The van der Waals surface area contributed by atoms with Gasteiger partial charge in [-0.05, 0) is 36.8 Å². The van der Waals surface area contributed by atoms with E-state index in [0.29, 0.717) is 10.7 Å². The summed E-state index contributed by atoms with van der Waals surface area (Å²) in [7, 11) is 0. The maximum atomic E-state index is 12.4. The zero-order valence-corrected chi connectivity index (χ0v) is 17.4. The summed E-state index contributed by atoms with van der Waals surface area (Å²) in [5.41, 5.74) is 2.77. The fourth-order valence-electron chi connectivity index (χ4n) is 2.91. The van der Waals surface area contributed by atoms with Gasteiger partial charge in [0.25, 0.3) is 0 Å². The highest BCUT2D eigenvalue weighted by molar-refractivity contribution is 8.02. The number of fused-ring (bicyclic) bond motifs is 1. The van der Waals surface area contributed by atoms with Gasteiger partial charge in [-0.25, -0.2) is 9.97 Å². The Hall–Kier alpha value is -2.02. The van der Waals surface area contributed by atoms with Gasteiger partial charge >= 0.3 is 0 Å². The Morgan fingerprint density at radius 2 is 2.00 bits per heavy atom. The zero-order valence-electron chi connectivity index (χ0n) is 15.0. The fraction of sp³-hybridized carbons (Fsp3) is 0.190. The molecule has 142 valence electrons. The van der Waals surface area contributed by atoms with Crippen LogP contribution < -0.4 is 5.32 Å². The van der Waals surface area contributed by atoms with Gasteiger partial charge in [-0.15, -0.1) is 11.8 Å². The van der Waals surface area contributed by atoms with E-state index >= 15 is 0 Å². The second-order valence-corrected chi connectivity index (χ2v) is 8.80. The number of benzene rings is 2. The quantitative estimate of drug-likeness (QED) is 0.426. The number of nitrogens with one attached hydrogen (secondary N) is 1. The molecule has 4 rings (SSSR count). The number of rotatable bonds is 5. The van der Waals surface area contributed by atoms with E-state index in [9.17, 15) is 4.79 Å². The van der Waals surface area contributed by atoms with Gasteiger partial charge < -0.3 is 5.32 Å². The number of carbonyl (C=O) groups excluding carboxylic acids is 1. The highest BCUT2D eigenvalue weighted by Crippen LogP contribution is 2.37. The van der Waals surface area contributed by atoms with Gasteiger partial charge in [0, 0.05) is 16.3 Å². The third kappa shape index (κ3) is 4.69. The van der Waals surface area contributed by atoms with Gasteiger partial charge in [0.1, 0.15) is 5.03 Å². The number of thioether (sulfide) groups is 2. The molecule has 0 bridgehead atoms. The Balaban J connectivity index is 1.54. The number of anilines is 1. The van der Waals surface area contributed by atoms with Gasteiger partial charge in [-0.2, -0.15) is 0 Å². The van der Waals surface area contributed by atoms with Gasteiger partial charge in [0.2, 0.25) is 5.91 Å². The molecule has 0 saturated heterocycles. The summed E-state index contributed by atoms with van der Waals surface area (Å²) in [4.78, 5) is 23.1. The Labute approximate surface area is 177 Å². The molecule has 2 aromatic carbocycles. The van der Waals surface area contributed by atoms with Crippen LogP contribution in [0.4, 0.5) is 5.69 Å². The molecule has 1 amide bonds. The maximum absolute atomic E-state index is 12.4. The normalized spacial score (nSPS) is 13.0. The van der Waals surface area contributed by atoms with E-state index in [0.717, 1.165) is 45.6 Å². The third-order valence-electron chi connectivity index (χ3n) is 4.19. The molecular formula is C21H18ClN3OS2. The molecule has 1 aliphatic heterocycles. The topological polar surface area (TPSA) is 54.9 Å². The van der Waals surface area contributed by atoms with Crippen LogP contribution in [0.1, 0.15) is 12.1 Å². The van der Waals surface area contributed by atoms with Crippen molar-refractivity contribution >= 4 is 46.7 Å². The number of hydrogen-bond donors (Lipinski definition) is 1. The minimum absolute atomic E-state index is 0.0818. The van der Waals surface area contributed by atoms with Crippen molar-refractivity contribution in [1.29, 1.82) is 0 Å². The summed E-state index contributed by atoms with van der Waals surface area (Å²) in [5, 5.41) is 4.37. The van der Waals surface area contributed by atoms with Crippen molar-refractivity contribution in [1.82, 2.24) is 9.97 Å². The second kappa shape index (κ2) is 8.99. The lowest BCUT2D eigenvalue weighted by molar-refractivity contribution is -0.113. The zero-order chi connectivity index (χ0) is 19.3. The van der Waals surface area contributed by atoms with E-state index in [-0.39, 0.29) is 11.7 Å². The standard InChI is InChI=1S/C21H18ClN3OS2/c22-15-8-4-9-16(12-15)23-18(26)13-28-21-19-17(10-5-11-27-19)24-20(25-21)14-6-2-1-3-7-14/h1-4,6-9,12H,5,10-11,13H2,(H,23,26). The summed E-state index contributed by atoms with van der Waals surface area (Å²) in [6, 6.07) is 17.1. The molecule has 3 aromatic rings. The van der Waals surface area contributed by atoms with Crippen LogP contribution in [0.5, 0.6) is 0 Å². The minimum Gasteiger partial charge on any atom is -0.325 e. The second-order valence-electron chi connectivity index (χ2n) is 6.29. The van der Waals surface area contributed by atoms with Gasteiger partial charge in [-0.3, -0.25) is 4.79 Å². The predicted octanol–water partition coefficient (Wildman–Crippen LogP) is 5.57. The number of carbonyl (C=O) groups is 1. The molecule has 0 radical (unpaired) electrons. The molecule has 0 fully saturated rings. The van der Waals surface area contributed by atoms with Crippen LogP contribution >= 0.6 is 35.1 Å². The Bertz CT molecular complexity index is 998. The molecule has 1 aliphatic rings. The van der Waals surface area contributed by atoms with Crippen LogP contribution in [-0.2, 0) is 11.2 Å². The molecule has 2 heterocycles. The number of halogens is 1. The van der Waals surface area contributed by atoms with Crippen molar-refractivity contribution in [2.24, 2.45) is 0 Å². The monoisotopic (exact) mass is 427 g/mol. The summed E-state index contributed by atoms with van der Waals surface area (Å²) >= 11 is 9.22. The number of nitrogens with zero attached hydrogens (tertiary/aromatic N) is 2. The highest BCUT2D eigenvalue weighted by Gasteiger charge is 2.20. The van der Waals surface area contributed by atoms with E-state index in [1.54, 1.807) is 23.9 Å². The van der Waals surface area contributed by atoms with E-state index in [2.05, 4.69) is 5.32 Å². The summed E-state index contributed by atoms with van der Waals surface area (Å²) in [6.07, 6.45) is 2.06. The van der Waals surface area contributed by atoms with E-state index in [1.807, 2.05) is 42.5 Å². The molecular weight excluding hydrogens is 410 g/mol. The van der Waals surface area contributed by atoms with E-state index < -0.39 is 0 Å². The molecule has 28 heavy (non-hydrogen) atoms. The van der Waals surface area contributed by atoms with Crippen LogP contribution in [-0.4, -0.2) is 27.4 Å². The van der Waals surface area contributed by atoms with Crippen molar-refractivity contribution < 1.29 is 4.79 Å². The largest absolute Gasteiger partial charge is 0.325 e. The van der Waals surface area contributed by atoms with Gasteiger partial charge in [-0.1, -0.05) is 59.8 Å². The molecule has 0 unspecified atom stereocenters. The molecule has 7 heteroatoms. The first-order valence-corrected chi connectivity index (χ1v) is 11.3. The Kier molecular flexibility index (Phi) is 6.20. The Morgan fingerprint density at radius 3 is 2.82 bits per heavy atom. The first kappa shape index (κ1) is 19.3. The summed E-state index contributed by atoms with van der Waals surface area (Å²) in [6.45, 7) is 0. The Morgan fingerprint density at radius 1 is 1.14 bits per heavy atom.